The Kier molecular flexibility index (Phi) is 4.74. The third kappa shape index (κ3) is 3.99. The van der Waals surface area contributed by atoms with Crippen molar-refractivity contribution < 1.29 is 9.21 Å². The molecule has 0 spiro atoms. The summed E-state index contributed by atoms with van der Waals surface area (Å²) < 4.78 is 6.25. The second kappa shape index (κ2) is 7.11. The summed E-state index contributed by atoms with van der Waals surface area (Å²) >= 11 is 3.40. The maximum atomic E-state index is 12.7. The molecule has 3 rings (SSSR count). The van der Waals surface area contributed by atoms with E-state index in [1.54, 1.807) is 18.4 Å². The van der Waals surface area contributed by atoms with Gasteiger partial charge in [0.1, 0.15) is 5.76 Å². The van der Waals surface area contributed by atoms with Crippen LogP contribution in [-0.2, 0) is 4.79 Å². The number of amides is 1. The molecule has 4 heteroatoms. The average molecular weight is 368 g/mol. The second-order valence-corrected chi connectivity index (χ2v) is 5.82. The lowest BCUT2D eigenvalue weighted by Crippen LogP contribution is -2.13. The summed E-state index contributed by atoms with van der Waals surface area (Å²) in [6.07, 6.45) is 3.32. The third-order valence-corrected chi connectivity index (χ3v) is 3.73. The average Bonchev–Trinajstić information content (AvgIpc) is 3.06. The fourth-order valence-electron chi connectivity index (χ4n) is 2.18. The van der Waals surface area contributed by atoms with Crippen molar-refractivity contribution in [3.63, 3.8) is 0 Å². The Labute approximate surface area is 142 Å². The van der Waals surface area contributed by atoms with E-state index >= 15 is 0 Å². The Hall–Kier alpha value is -2.59. The smallest absolute Gasteiger partial charge is 0.256 e. The Morgan fingerprint density at radius 1 is 1.00 bits per heavy atom. The lowest BCUT2D eigenvalue weighted by Gasteiger charge is -2.09. The molecule has 114 valence electrons. The van der Waals surface area contributed by atoms with E-state index in [1.807, 2.05) is 60.7 Å². The van der Waals surface area contributed by atoms with Crippen molar-refractivity contribution in [2.45, 2.75) is 0 Å². The first-order valence-electron chi connectivity index (χ1n) is 7.10. The summed E-state index contributed by atoms with van der Waals surface area (Å²) in [6, 6.07) is 20.6. The standard InChI is InChI=1S/C19H14BrNO2/c20-15-8-4-9-16(12-15)21-19(22)18(13-17-10-5-11-23-17)14-6-2-1-3-7-14/h1-13H,(H,21,22)/b18-13+. The maximum Gasteiger partial charge on any atom is 0.256 e. The molecule has 0 radical (unpaired) electrons. The molecule has 1 aromatic heterocycles. The Balaban J connectivity index is 1.93. The lowest BCUT2D eigenvalue weighted by atomic mass is 10.0. The van der Waals surface area contributed by atoms with Crippen LogP contribution in [0.3, 0.4) is 0 Å². The van der Waals surface area contributed by atoms with Gasteiger partial charge in [-0.3, -0.25) is 4.79 Å². The van der Waals surface area contributed by atoms with Gasteiger partial charge in [-0.2, -0.15) is 0 Å². The van der Waals surface area contributed by atoms with E-state index in [-0.39, 0.29) is 5.91 Å². The van der Waals surface area contributed by atoms with E-state index in [1.165, 1.54) is 0 Å². The van der Waals surface area contributed by atoms with E-state index in [2.05, 4.69) is 21.2 Å². The summed E-state index contributed by atoms with van der Waals surface area (Å²) in [6.45, 7) is 0. The van der Waals surface area contributed by atoms with Gasteiger partial charge < -0.3 is 9.73 Å². The summed E-state index contributed by atoms with van der Waals surface area (Å²) in [5.74, 6) is 0.443. The highest BCUT2D eigenvalue weighted by molar-refractivity contribution is 9.10. The second-order valence-electron chi connectivity index (χ2n) is 4.90. The molecular weight excluding hydrogens is 354 g/mol. The zero-order valence-electron chi connectivity index (χ0n) is 12.2. The molecule has 1 amide bonds. The SMILES string of the molecule is O=C(Nc1cccc(Br)c1)/C(=C/c1ccco1)c1ccccc1. The lowest BCUT2D eigenvalue weighted by molar-refractivity contribution is -0.111. The van der Waals surface area contributed by atoms with Crippen LogP contribution in [0.25, 0.3) is 11.6 Å². The molecule has 0 aliphatic heterocycles. The highest BCUT2D eigenvalue weighted by Gasteiger charge is 2.13. The van der Waals surface area contributed by atoms with Crippen LogP contribution in [-0.4, -0.2) is 5.91 Å². The molecule has 23 heavy (non-hydrogen) atoms. The monoisotopic (exact) mass is 367 g/mol. The quantitative estimate of drug-likeness (QED) is 0.642. The molecule has 0 saturated heterocycles. The highest BCUT2D eigenvalue weighted by Crippen LogP contribution is 2.22. The van der Waals surface area contributed by atoms with Crippen LogP contribution < -0.4 is 5.32 Å². The molecule has 3 aromatic rings. The fourth-order valence-corrected chi connectivity index (χ4v) is 2.58. The normalized spacial score (nSPS) is 11.3. The molecule has 1 N–H and O–H groups in total. The van der Waals surface area contributed by atoms with E-state index in [0.717, 1.165) is 15.7 Å². The third-order valence-electron chi connectivity index (χ3n) is 3.24. The first-order valence-corrected chi connectivity index (χ1v) is 7.89. The molecule has 1 heterocycles. The molecule has 0 unspecified atom stereocenters. The van der Waals surface area contributed by atoms with Crippen molar-refractivity contribution >= 4 is 39.2 Å². The van der Waals surface area contributed by atoms with Gasteiger partial charge in [-0.25, -0.2) is 0 Å². The summed E-state index contributed by atoms with van der Waals surface area (Å²) in [4.78, 5) is 12.7. The van der Waals surface area contributed by atoms with Gasteiger partial charge >= 0.3 is 0 Å². The number of anilines is 1. The van der Waals surface area contributed by atoms with E-state index in [0.29, 0.717) is 11.3 Å². The van der Waals surface area contributed by atoms with Gasteiger partial charge in [0.15, 0.2) is 0 Å². The van der Waals surface area contributed by atoms with Crippen LogP contribution in [0.2, 0.25) is 0 Å². The summed E-state index contributed by atoms with van der Waals surface area (Å²) in [5, 5.41) is 2.91. The summed E-state index contributed by atoms with van der Waals surface area (Å²) in [5.41, 5.74) is 2.10. The van der Waals surface area contributed by atoms with Crippen molar-refractivity contribution in [2.75, 3.05) is 5.32 Å². The number of carbonyl (C=O) groups excluding carboxylic acids is 1. The number of carbonyl (C=O) groups is 1. The largest absolute Gasteiger partial charge is 0.465 e. The Bertz CT molecular complexity index is 824. The van der Waals surface area contributed by atoms with Crippen molar-refractivity contribution in [1.29, 1.82) is 0 Å². The van der Waals surface area contributed by atoms with Gasteiger partial charge in [0.2, 0.25) is 0 Å². The zero-order valence-corrected chi connectivity index (χ0v) is 13.8. The topological polar surface area (TPSA) is 42.2 Å². The molecule has 0 fully saturated rings. The number of nitrogens with one attached hydrogen (secondary N) is 1. The predicted molar refractivity (Wildman–Crippen MR) is 95.8 cm³/mol. The van der Waals surface area contributed by atoms with Crippen LogP contribution in [0.4, 0.5) is 5.69 Å². The predicted octanol–water partition coefficient (Wildman–Crippen LogP) is 5.22. The van der Waals surface area contributed by atoms with Crippen molar-refractivity contribution in [2.24, 2.45) is 0 Å². The number of rotatable bonds is 4. The van der Waals surface area contributed by atoms with Crippen molar-refractivity contribution in [3.8, 4) is 0 Å². The Morgan fingerprint density at radius 3 is 2.52 bits per heavy atom. The van der Waals surface area contributed by atoms with Gasteiger partial charge in [0, 0.05) is 10.2 Å². The van der Waals surface area contributed by atoms with Gasteiger partial charge in [-0.15, -0.1) is 0 Å². The molecule has 0 atom stereocenters. The van der Waals surface area contributed by atoms with Gasteiger partial charge in [-0.1, -0.05) is 52.3 Å². The molecule has 2 aromatic carbocycles. The van der Waals surface area contributed by atoms with Crippen molar-refractivity contribution in [1.82, 2.24) is 0 Å². The fraction of sp³-hybridized carbons (Fsp3) is 0. The van der Waals surface area contributed by atoms with Gasteiger partial charge in [0.25, 0.3) is 5.91 Å². The van der Waals surface area contributed by atoms with Crippen LogP contribution in [0.15, 0.2) is 81.9 Å². The minimum Gasteiger partial charge on any atom is -0.465 e. The van der Waals surface area contributed by atoms with Crippen LogP contribution in [0.5, 0.6) is 0 Å². The summed E-state index contributed by atoms with van der Waals surface area (Å²) in [7, 11) is 0. The number of furan rings is 1. The number of benzene rings is 2. The maximum absolute atomic E-state index is 12.7. The minimum absolute atomic E-state index is 0.189. The molecule has 3 nitrogen and oxygen atoms in total. The molecule has 0 bridgehead atoms. The van der Waals surface area contributed by atoms with Gasteiger partial charge in [-0.05, 0) is 42.0 Å². The number of hydrogen-bond donors (Lipinski definition) is 1. The highest BCUT2D eigenvalue weighted by atomic mass is 79.9. The van der Waals surface area contributed by atoms with E-state index in [4.69, 9.17) is 4.42 Å². The number of halogens is 1. The van der Waals surface area contributed by atoms with Crippen LogP contribution in [0, 0.1) is 0 Å². The number of hydrogen-bond acceptors (Lipinski definition) is 2. The minimum atomic E-state index is -0.189. The first-order chi connectivity index (χ1) is 11.2. The van der Waals surface area contributed by atoms with Crippen LogP contribution in [0.1, 0.15) is 11.3 Å². The van der Waals surface area contributed by atoms with Crippen molar-refractivity contribution in [3.05, 3.63) is 88.8 Å². The first kappa shape index (κ1) is 15.3. The van der Waals surface area contributed by atoms with Crippen LogP contribution >= 0.6 is 15.9 Å². The Morgan fingerprint density at radius 2 is 1.83 bits per heavy atom. The zero-order chi connectivity index (χ0) is 16.1. The molecule has 0 aliphatic rings. The van der Waals surface area contributed by atoms with E-state index in [9.17, 15) is 4.79 Å². The van der Waals surface area contributed by atoms with Gasteiger partial charge in [0.05, 0.1) is 11.8 Å². The molecule has 0 aliphatic carbocycles. The molecular formula is C19H14BrNO2. The molecule has 0 saturated carbocycles. The van der Waals surface area contributed by atoms with E-state index < -0.39 is 0 Å².